The first-order valence-electron chi connectivity index (χ1n) is 7.14. The first-order chi connectivity index (χ1) is 10.2. The van der Waals surface area contributed by atoms with Crippen molar-refractivity contribution >= 4 is 22.4 Å². The maximum atomic E-state index is 11.7. The Morgan fingerprint density at radius 1 is 1.10 bits per heavy atom. The highest BCUT2D eigenvalue weighted by atomic mass is 16.5. The van der Waals surface area contributed by atoms with Crippen molar-refractivity contribution in [1.29, 1.82) is 0 Å². The molecule has 1 saturated heterocycles. The van der Waals surface area contributed by atoms with Crippen LogP contribution in [-0.4, -0.2) is 30.6 Å². The van der Waals surface area contributed by atoms with Crippen molar-refractivity contribution in [3.8, 4) is 0 Å². The first kappa shape index (κ1) is 12.4. The van der Waals surface area contributed by atoms with Crippen LogP contribution in [0.25, 0.3) is 10.8 Å². The fourth-order valence-electron chi connectivity index (χ4n) is 3.23. The van der Waals surface area contributed by atoms with Crippen molar-refractivity contribution in [2.75, 3.05) is 24.6 Å². The summed E-state index contributed by atoms with van der Waals surface area (Å²) >= 11 is 0. The van der Waals surface area contributed by atoms with Crippen LogP contribution >= 0.6 is 0 Å². The van der Waals surface area contributed by atoms with Gasteiger partial charge >= 0.3 is 5.97 Å². The van der Waals surface area contributed by atoms with Gasteiger partial charge in [0, 0.05) is 6.54 Å². The largest absolute Gasteiger partial charge is 0.429 e. The third-order valence-corrected chi connectivity index (χ3v) is 4.15. The second-order valence-corrected chi connectivity index (χ2v) is 5.49. The fourth-order valence-corrected chi connectivity index (χ4v) is 3.23. The summed E-state index contributed by atoms with van der Waals surface area (Å²) in [6, 6.07) is 12.7. The summed E-state index contributed by atoms with van der Waals surface area (Å²) in [6.45, 7) is 5.47. The average molecular weight is 280 g/mol. The lowest BCUT2D eigenvalue weighted by molar-refractivity contribution is -0.139. The second-order valence-electron chi connectivity index (χ2n) is 5.49. The summed E-state index contributed by atoms with van der Waals surface area (Å²) in [7, 11) is 0. The van der Waals surface area contributed by atoms with E-state index in [1.807, 2.05) is 0 Å². The minimum absolute atomic E-state index is 0.230. The minimum atomic E-state index is -0.230. The van der Waals surface area contributed by atoms with Gasteiger partial charge in [0.15, 0.2) is 0 Å². The Balaban J connectivity index is 1.86. The van der Waals surface area contributed by atoms with Gasteiger partial charge in [-0.05, 0) is 28.8 Å². The molecule has 4 rings (SSSR count). The molecule has 21 heavy (non-hydrogen) atoms. The van der Waals surface area contributed by atoms with Crippen LogP contribution in [0.15, 0.2) is 48.7 Å². The summed E-state index contributed by atoms with van der Waals surface area (Å²) < 4.78 is 5.19. The van der Waals surface area contributed by atoms with Gasteiger partial charge in [0.1, 0.15) is 12.3 Å². The number of benzene rings is 2. The number of carbonyl (C=O) groups is 1. The van der Waals surface area contributed by atoms with E-state index >= 15 is 0 Å². The number of rotatable bonds is 0. The first-order valence-corrected chi connectivity index (χ1v) is 7.14. The molecule has 0 unspecified atom stereocenters. The molecule has 0 radical (unpaired) electrons. The van der Waals surface area contributed by atoms with Crippen LogP contribution in [0.1, 0.15) is 5.56 Å². The maximum absolute atomic E-state index is 11.7. The summed E-state index contributed by atoms with van der Waals surface area (Å²) in [5, 5.41) is 6.72. The maximum Gasteiger partial charge on any atom is 0.327 e. The number of hydrazine groups is 1. The molecule has 2 heterocycles. The van der Waals surface area contributed by atoms with Crippen molar-refractivity contribution in [3.63, 3.8) is 0 Å². The molecule has 4 nitrogen and oxygen atoms in total. The molecule has 2 aliphatic rings. The molecule has 2 aromatic rings. The van der Waals surface area contributed by atoms with E-state index in [0.717, 1.165) is 18.7 Å². The van der Waals surface area contributed by atoms with Crippen LogP contribution in [0.2, 0.25) is 0 Å². The number of fused-ring (bicyclic) bond motifs is 5. The topological polar surface area (TPSA) is 32.8 Å². The number of carbonyl (C=O) groups excluding carboxylic acids is 1. The van der Waals surface area contributed by atoms with E-state index in [2.05, 4.69) is 53.0 Å². The van der Waals surface area contributed by atoms with Gasteiger partial charge in [-0.25, -0.2) is 5.01 Å². The number of ether oxygens (including phenoxy) is 1. The van der Waals surface area contributed by atoms with Crippen molar-refractivity contribution in [3.05, 3.63) is 54.3 Å². The van der Waals surface area contributed by atoms with E-state index in [1.165, 1.54) is 16.3 Å². The van der Waals surface area contributed by atoms with Gasteiger partial charge in [0.05, 0.1) is 12.2 Å². The van der Waals surface area contributed by atoms with Crippen LogP contribution in [0.5, 0.6) is 0 Å². The zero-order valence-corrected chi connectivity index (χ0v) is 11.7. The van der Waals surface area contributed by atoms with Gasteiger partial charge in [-0.1, -0.05) is 36.9 Å². The molecule has 2 aliphatic heterocycles. The van der Waals surface area contributed by atoms with Gasteiger partial charge in [0.2, 0.25) is 0 Å². The Morgan fingerprint density at radius 2 is 1.95 bits per heavy atom. The van der Waals surface area contributed by atoms with E-state index in [-0.39, 0.29) is 12.5 Å². The SMILES string of the molecule is C=C1CN2c3ccc4ccccc4c3CCN2CC(=O)O1. The predicted octanol–water partition coefficient (Wildman–Crippen LogP) is 2.49. The number of nitrogens with zero attached hydrogens (tertiary/aromatic N) is 2. The summed E-state index contributed by atoms with van der Waals surface area (Å²) in [5.74, 6) is 0.273. The number of hydrogen-bond acceptors (Lipinski definition) is 4. The number of cyclic esters (lactones) is 1. The molecule has 0 saturated carbocycles. The molecule has 106 valence electrons. The third-order valence-electron chi connectivity index (χ3n) is 4.15. The lowest BCUT2D eigenvalue weighted by Gasteiger charge is -2.39. The predicted molar refractivity (Wildman–Crippen MR) is 81.8 cm³/mol. The number of esters is 1. The minimum Gasteiger partial charge on any atom is -0.429 e. The monoisotopic (exact) mass is 280 g/mol. The quantitative estimate of drug-likeness (QED) is 0.694. The van der Waals surface area contributed by atoms with E-state index in [0.29, 0.717) is 12.3 Å². The molecular weight excluding hydrogens is 264 g/mol. The summed E-state index contributed by atoms with van der Waals surface area (Å²) in [5.41, 5.74) is 2.49. The Kier molecular flexibility index (Phi) is 2.72. The van der Waals surface area contributed by atoms with Crippen molar-refractivity contribution in [1.82, 2.24) is 5.01 Å². The van der Waals surface area contributed by atoms with Crippen LogP contribution in [-0.2, 0) is 16.0 Å². The van der Waals surface area contributed by atoms with Gasteiger partial charge in [0.25, 0.3) is 0 Å². The fraction of sp³-hybridized carbons (Fsp3) is 0.235. The zero-order valence-electron chi connectivity index (χ0n) is 11.7. The molecule has 0 aromatic heterocycles. The van der Waals surface area contributed by atoms with Gasteiger partial charge in [-0.2, -0.15) is 0 Å². The van der Waals surface area contributed by atoms with E-state index in [4.69, 9.17) is 4.74 Å². The smallest absolute Gasteiger partial charge is 0.327 e. The molecule has 1 fully saturated rings. The Morgan fingerprint density at radius 3 is 2.86 bits per heavy atom. The molecule has 0 amide bonds. The highest BCUT2D eigenvalue weighted by Gasteiger charge is 2.31. The van der Waals surface area contributed by atoms with Crippen LogP contribution < -0.4 is 5.01 Å². The average Bonchev–Trinajstić information content (AvgIpc) is 2.63. The molecule has 0 spiro atoms. The molecule has 0 N–H and O–H groups in total. The lowest BCUT2D eigenvalue weighted by atomic mass is 9.98. The number of anilines is 1. The van der Waals surface area contributed by atoms with Gasteiger partial charge in [-0.15, -0.1) is 0 Å². The van der Waals surface area contributed by atoms with E-state index in [1.54, 1.807) is 0 Å². The van der Waals surface area contributed by atoms with Gasteiger partial charge in [-0.3, -0.25) is 9.80 Å². The molecule has 0 atom stereocenters. The second kappa shape index (κ2) is 4.60. The van der Waals surface area contributed by atoms with Crippen molar-refractivity contribution < 1.29 is 9.53 Å². The van der Waals surface area contributed by atoms with E-state index in [9.17, 15) is 4.79 Å². The van der Waals surface area contributed by atoms with Crippen LogP contribution in [0, 0.1) is 0 Å². The standard InChI is InChI=1S/C17H16N2O2/c1-12-10-19-16-7-6-13-4-2-3-5-14(13)15(16)8-9-18(19)11-17(20)21-12/h2-7H,1,8-11H2. The lowest BCUT2D eigenvalue weighted by Crippen LogP contribution is -2.48. The van der Waals surface area contributed by atoms with Crippen molar-refractivity contribution in [2.24, 2.45) is 0 Å². The Hall–Kier alpha value is -2.33. The Bertz CT molecular complexity index is 754. The molecule has 2 aromatic carbocycles. The Labute approximate surface area is 123 Å². The molecular formula is C17H16N2O2. The third kappa shape index (κ3) is 1.99. The normalized spacial score (nSPS) is 19.0. The highest BCUT2D eigenvalue weighted by Crippen LogP contribution is 2.34. The van der Waals surface area contributed by atoms with Gasteiger partial charge < -0.3 is 4.74 Å². The zero-order chi connectivity index (χ0) is 14.4. The van der Waals surface area contributed by atoms with Crippen LogP contribution in [0.3, 0.4) is 0 Å². The van der Waals surface area contributed by atoms with E-state index < -0.39 is 0 Å². The molecule has 0 aliphatic carbocycles. The molecule has 4 heteroatoms. The highest BCUT2D eigenvalue weighted by molar-refractivity contribution is 5.91. The molecule has 0 bridgehead atoms. The van der Waals surface area contributed by atoms with Crippen molar-refractivity contribution in [2.45, 2.75) is 6.42 Å². The van der Waals surface area contributed by atoms with Crippen LogP contribution in [0.4, 0.5) is 5.69 Å². The summed E-state index contributed by atoms with van der Waals surface area (Å²) in [4.78, 5) is 11.7. The number of hydrogen-bond donors (Lipinski definition) is 0. The summed E-state index contributed by atoms with van der Waals surface area (Å²) in [6.07, 6.45) is 0.937.